The quantitative estimate of drug-likeness (QED) is 0.268. The molecule has 0 aliphatic carbocycles. The van der Waals surface area contributed by atoms with Gasteiger partial charge in [0.1, 0.15) is 18.0 Å². The van der Waals surface area contributed by atoms with Gasteiger partial charge >= 0.3 is 11.7 Å². The van der Waals surface area contributed by atoms with Gasteiger partial charge in [-0.05, 0) is 25.5 Å². The van der Waals surface area contributed by atoms with Gasteiger partial charge in [-0.1, -0.05) is 30.0 Å². The summed E-state index contributed by atoms with van der Waals surface area (Å²) in [5.41, 5.74) is -4.07. The van der Waals surface area contributed by atoms with Crippen LogP contribution in [0, 0.1) is 0 Å². The Morgan fingerprint density at radius 2 is 2.03 bits per heavy atom. The largest absolute Gasteiger partial charge is 0.468 e. The molecule has 1 aliphatic rings. The number of hydrogen-bond donors (Lipinski definition) is 2. The second kappa shape index (κ2) is 11.3. The Labute approximate surface area is 200 Å². The molecule has 3 rings (SSSR count). The highest BCUT2D eigenvalue weighted by molar-refractivity contribution is 7.36. The molecule has 14 heteroatoms. The number of aliphatic hydroxyl groups is 1. The minimum Gasteiger partial charge on any atom is -0.468 e. The van der Waals surface area contributed by atoms with Crippen LogP contribution >= 0.6 is 8.18 Å². The van der Waals surface area contributed by atoms with E-state index in [1.165, 1.54) is 7.11 Å². The van der Waals surface area contributed by atoms with E-state index in [-0.39, 0.29) is 12.2 Å². The van der Waals surface area contributed by atoms with Gasteiger partial charge in [-0.25, -0.2) is 9.18 Å². The maximum Gasteiger partial charge on any atom is 0.330 e. The van der Waals surface area contributed by atoms with Crippen LogP contribution in [-0.2, 0) is 23.4 Å². The van der Waals surface area contributed by atoms with Gasteiger partial charge in [0.05, 0.1) is 13.7 Å². The van der Waals surface area contributed by atoms with Crippen LogP contribution < -0.4 is 16.1 Å². The molecule has 0 radical (unpaired) electrons. The second-order valence-corrected chi connectivity index (χ2v) is 9.16. The molecule has 192 valence electrons. The molecule has 2 N–H and O–H groups in total. The molecule has 1 aromatic heterocycles. The summed E-state index contributed by atoms with van der Waals surface area (Å²) < 4.78 is 44.9. The zero-order valence-corrected chi connectivity index (χ0v) is 20.3. The number of aromatic amines is 1. The lowest BCUT2D eigenvalue weighted by molar-refractivity contribution is -0.153. The van der Waals surface area contributed by atoms with E-state index in [2.05, 4.69) is 0 Å². The molecule has 2 heterocycles. The average molecular weight is 515 g/mol. The Bertz CT molecular complexity index is 1160. The predicted octanol–water partition coefficient (Wildman–Crippen LogP) is 1.18. The summed E-state index contributed by atoms with van der Waals surface area (Å²) in [5, 5.41) is 10.5. The fraction of sp³-hybridized carbons (Fsp3) is 0.476. The number of para-hydroxylation sites is 1. The molecule has 35 heavy (non-hydrogen) atoms. The van der Waals surface area contributed by atoms with Crippen molar-refractivity contribution in [1.29, 1.82) is 0 Å². The van der Waals surface area contributed by atoms with Crippen molar-refractivity contribution in [1.82, 2.24) is 14.4 Å². The van der Waals surface area contributed by atoms with Crippen LogP contribution in [0.2, 0.25) is 0 Å². The van der Waals surface area contributed by atoms with E-state index in [4.69, 9.17) is 18.8 Å². The molecular weight excluding hydrogens is 488 g/mol. The normalized spacial score (nSPS) is 25.8. The first-order valence-corrected chi connectivity index (χ1v) is 12.0. The number of halogens is 1. The van der Waals surface area contributed by atoms with Crippen LogP contribution in [0.4, 0.5) is 4.39 Å². The lowest BCUT2D eigenvalue weighted by Gasteiger charge is -2.28. The molecule has 1 saturated heterocycles. The Morgan fingerprint density at radius 3 is 2.63 bits per heavy atom. The number of aliphatic hydroxyl groups excluding tert-OH is 1. The number of rotatable bonds is 10. The van der Waals surface area contributed by atoms with Gasteiger partial charge in [-0.15, -0.1) is 0 Å². The van der Waals surface area contributed by atoms with Crippen molar-refractivity contribution in [2.45, 2.75) is 50.4 Å². The number of benzene rings is 1. The maximum atomic E-state index is 15.3. The van der Waals surface area contributed by atoms with Crippen LogP contribution in [0.15, 0.2) is 52.2 Å². The van der Waals surface area contributed by atoms with Crippen LogP contribution in [0.3, 0.4) is 0 Å². The van der Waals surface area contributed by atoms with Crippen LogP contribution in [0.1, 0.15) is 26.5 Å². The molecule has 0 spiro atoms. The van der Waals surface area contributed by atoms with Crippen molar-refractivity contribution in [3.05, 3.63) is 63.4 Å². The van der Waals surface area contributed by atoms with Gasteiger partial charge in [-0.3, -0.25) is 23.7 Å². The number of hydroxylamine groups is 1. The number of hydrogen-bond acceptors (Lipinski definition) is 9. The molecular formula is C21H27FN3O9P. The minimum absolute atomic E-state index is 0.168. The summed E-state index contributed by atoms with van der Waals surface area (Å²) in [6.45, 7) is 2.13. The summed E-state index contributed by atoms with van der Waals surface area (Å²) in [6.07, 6.45) is -3.48. The van der Waals surface area contributed by atoms with Crippen molar-refractivity contribution in [3.63, 3.8) is 0 Å². The third-order valence-corrected chi connectivity index (χ3v) is 6.64. The predicted molar refractivity (Wildman–Crippen MR) is 121 cm³/mol. The molecule has 0 bridgehead atoms. The Morgan fingerprint density at radius 1 is 1.34 bits per heavy atom. The molecule has 2 aromatic rings. The fourth-order valence-electron chi connectivity index (χ4n) is 3.57. The second-order valence-electron chi connectivity index (χ2n) is 7.89. The van der Waals surface area contributed by atoms with Crippen molar-refractivity contribution < 1.29 is 37.7 Å². The van der Waals surface area contributed by atoms with Crippen LogP contribution in [-0.4, -0.2) is 63.1 Å². The molecule has 1 fully saturated rings. The summed E-state index contributed by atoms with van der Waals surface area (Å²) >= 11 is 0. The number of carbonyl (C=O) groups is 1. The number of nitrogens with one attached hydrogen (secondary N) is 1. The Balaban J connectivity index is 1.77. The lowest BCUT2D eigenvalue weighted by atomic mass is 9.98. The van der Waals surface area contributed by atoms with Crippen molar-refractivity contribution >= 4 is 14.1 Å². The standard InChI is InChI=1S/C21H27FN3O9P/c1-4-14(18(28)31-3)25(34-13-8-6-5-7-9-13)35(30)32-12-15-17(27)21(2,22)19(33-15)24-11-10-16(26)23-20(24)29/h5-11,14-15,17,19,27,35H,4,12H2,1-3H3,(H,23,26,29)/t14?,15-,17-,19-,21-/m1/s1. The summed E-state index contributed by atoms with van der Waals surface area (Å²) in [4.78, 5) is 44.1. The zero-order chi connectivity index (χ0) is 25.8. The molecule has 12 nitrogen and oxygen atoms in total. The first kappa shape index (κ1) is 26.8. The number of esters is 1. The molecule has 0 amide bonds. The number of methoxy groups -OCH3 is 1. The number of H-pyrrole nitrogens is 1. The van der Waals surface area contributed by atoms with Gasteiger partial charge in [-0.2, -0.15) is 0 Å². The first-order chi connectivity index (χ1) is 16.6. The van der Waals surface area contributed by atoms with Gasteiger partial charge in [0.15, 0.2) is 17.9 Å². The topological polar surface area (TPSA) is 149 Å². The third kappa shape index (κ3) is 5.88. The minimum atomic E-state index is -3.30. The molecule has 0 saturated carbocycles. The molecule has 6 atom stereocenters. The SMILES string of the molecule is CCC(C(=O)OC)N(Oc1ccccc1)[PH](=O)OC[C@H]1O[C@@H](n2ccc(=O)[nH]c2=O)[C@](C)(F)[C@@H]1O. The third-order valence-electron chi connectivity index (χ3n) is 5.46. The fourth-order valence-corrected chi connectivity index (χ4v) is 4.72. The first-order valence-electron chi connectivity index (χ1n) is 10.7. The summed E-state index contributed by atoms with van der Waals surface area (Å²) in [7, 11) is -2.13. The number of aromatic nitrogens is 2. The summed E-state index contributed by atoms with van der Waals surface area (Å²) in [6, 6.07) is 8.17. The highest BCUT2D eigenvalue weighted by Gasteiger charge is 2.55. The number of alkyl halides is 1. The number of carbonyl (C=O) groups excluding carboxylic acids is 1. The number of ether oxygens (including phenoxy) is 2. The summed E-state index contributed by atoms with van der Waals surface area (Å²) in [5.74, 6) is -0.431. The highest BCUT2D eigenvalue weighted by Crippen LogP contribution is 2.42. The van der Waals surface area contributed by atoms with Crippen LogP contribution in [0.5, 0.6) is 5.75 Å². The Kier molecular flexibility index (Phi) is 8.62. The maximum absolute atomic E-state index is 15.3. The van der Waals surface area contributed by atoms with E-state index in [0.29, 0.717) is 0 Å². The van der Waals surface area contributed by atoms with Gasteiger partial charge < -0.3 is 23.9 Å². The van der Waals surface area contributed by atoms with Crippen molar-refractivity contribution in [3.8, 4) is 5.75 Å². The van der Waals surface area contributed by atoms with Gasteiger partial charge in [0.25, 0.3) is 13.7 Å². The van der Waals surface area contributed by atoms with E-state index < -0.39 is 62.2 Å². The highest BCUT2D eigenvalue weighted by atomic mass is 31.1. The average Bonchev–Trinajstić information content (AvgIpc) is 3.06. The lowest BCUT2D eigenvalue weighted by Crippen LogP contribution is -2.43. The number of nitrogens with zero attached hydrogens (tertiary/aromatic N) is 2. The van der Waals surface area contributed by atoms with Crippen molar-refractivity contribution in [2.24, 2.45) is 0 Å². The zero-order valence-electron chi connectivity index (χ0n) is 19.3. The van der Waals surface area contributed by atoms with Gasteiger partial charge in [0.2, 0.25) is 0 Å². The van der Waals surface area contributed by atoms with Crippen LogP contribution in [0.25, 0.3) is 0 Å². The van der Waals surface area contributed by atoms with E-state index in [9.17, 15) is 24.1 Å². The van der Waals surface area contributed by atoms with Gasteiger partial charge in [0, 0.05) is 12.3 Å². The molecule has 2 unspecified atom stereocenters. The van der Waals surface area contributed by atoms with E-state index in [0.717, 1.165) is 28.6 Å². The smallest absolute Gasteiger partial charge is 0.330 e. The molecule has 1 aromatic carbocycles. The van der Waals surface area contributed by atoms with E-state index in [1.807, 2.05) is 4.98 Å². The Hall–Kier alpha value is -2.83. The van der Waals surface area contributed by atoms with Crippen molar-refractivity contribution in [2.75, 3.05) is 13.7 Å². The monoisotopic (exact) mass is 515 g/mol. The van der Waals surface area contributed by atoms with E-state index >= 15 is 4.39 Å². The molecule has 1 aliphatic heterocycles. The van der Waals surface area contributed by atoms with E-state index in [1.54, 1.807) is 37.3 Å².